The molecule has 0 bridgehead atoms. The van der Waals surface area contributed by atoms with E-state index in [9.17, 15) is 4.79 Å². The van der Waals surface area contributed by atoms with Gasteiger partial charge in [0.15, 0.2) is 0 Å². The Hall–Kier alpha value is -1.23. The molecule has 0 aliphatic rings. The van der Waals surface area contributed by atoms with E-state index < -0.39 is 6.03 Å². The van der Waals surface area contributed by atoms with Crippen molar-refractivity contribution < 1.29 is 4.79 Å². The Balaban J connectivity index is 2.85. The summed E-state index contributed by atoms with van der Waals surface area (Å²) in [5, 5.41) is 0. The van der Waals surface area contributed by atoms with Gasteiger partial charge in [0, 0.05) is 6.20 Å². The van der Waals surface area contributed by atoms with E-state index in [2.05, 4.69) is 17.8 Å². The number of amides is 2. The summed E-state index contributed by atoms with van der Waals surface area (Å²) in [5.41, 5.74) is 5.51. The molecular weight excluding hydrogens is 162 g/mol. The normalized spacial score (nSPS) is 9.18. The van der Waals surface area contributed by atoms with Gasteiger partial charge in [-0.05, 0) is 12.1 Å². The van der Waals surface area contributed by atoms with Crippen LogP contribution in [0.3, 0.4) is 0 Å². The van der Waals surface area contributed by atoms with Gasteiger partial charge in [-0.2, -0.15) is 0 Å². The number of aromatic nitrogens is 1. The number of nitrogens with two attached hydrogens (primary N) is 1. The Labute approximate surface area is 69.6 Å². The number of carbonyl (C=O) groups excluding carboxylic acids is 1. The lowest BCUT2D eigenvalue weighted by Gasteiger charge is -2.10. The molecular formula is C6H7N3OS. The third-order valence-corrected chi connectivity index (χ3v) is 1.53. The van der Waals surface area contributed by atoms with Crippen LogP contribution in [0.25, 0.3) is 0 Å². The maximum atomic E-state index is 10.5. The van der Waals surface area contributed by atoms with Gasteiger partial charge in [-0.15, -0.1) is 0 Å². The first-order valence-electron chi connectivity index (χ1n) is 2.90. The van der Waals surface area contributed by atoms with Crippen molar-refractivity contribution in [3.8, 4) is 0 Å². The molecule has 0 unspecified atom stereocenters. The molecule has 0 aliphatic heterocycles. The zero-order valence-corrected chi connectivity index (χ0v) is 6.53. The van der Waals surface area contributed by atoms with Gasteiger partial charge in [0.2, 0.25) is 0 Å². The van der Waals surface area contributed by atoms with Crippen LogP contribution in [-0.2, 0) is 0 Å². The standard InChI is InChI=1S/C6H7N3OS/c7-6(10)9(11)5-2-1-3-8-4-5/h1-4,11H,(H2,7,10). The number of pyridine rings is 1. The molecule has 0 aromatic carbocycles. The Morgan fingerprint density at radius 3 is 2.91 bits per heavy atom. The van der Waals surface area contributed by atoms with E-state index in [-0.39, 0.29) is 0 Å². The quantitative estimate of drug-likeness (QED) is 0.611. The zero-order valence-electron chi connectivity index (χ0n) is 5.64. The Bertz CT molecular complexity index is 251. The van der Waals surface area contributed by atoms with Gasteiger partial charge in [-0.25, -0.2) is 9.10 Å². The van der Waals surface area contributed by atoms with E-state index in [1.165, 1.54) is 6.20 Å². The maximum Gasteiger partial charge on any atom is 0.329 e. The zero-order chi connectivity index (χ0) is 8.27. The molecule has 0 atom stereocenters. The molecule has 58 valence electrons. The molecule has 0 radical (unpaired) electrons. The second-order valence-electron chi connectivity index (χ2n) is 1.86. The molecule has 0 saturated carbocycles. The van der Waals surface area contributed by atoms with Crippen molar-refractivity contribution in [2.75, 3.05) is 4.31 Å². The summed E-state index contributed by atoms with van der Waals surface area (Å²) >= 11 is 3.83. The van der Waals surface area contributed by atoms with Crippen LogP contribution in [-0.4, -0.2) is 11.0 Å². The predicted molar refractivity (Wildman–Crippen MR) is 45.3 cm³/mol. The summed E-state index contributed by atoms with van der Waals surface area (Å²) in [5.74, 6) is 0. The number of nitrogens with zero attached hydrogens (tertiary/aromatic N) is 2. The Kier molecular flexibility index (Phi) is 2.32. The van der Waals surface area contributed by atoms with E-state index in [1.54, 1.807) is 18.3 Å². The Morgan fingerprint density at radius 2 is 2.45 bits per heavy atom. The van der Waals surface area contributed by atoms with Gasteiger partial charge >= 0.3 is 6.03 Å². The minimum absolute atomic E-state index is 0.559. The van der Waals surface area contributed by atoms with Crippen LogP contribution in [0.2, 0.25) is 0 Å². The number of hydrogen-bond donors (Lipinski definition) is 2. The minimum Gasteiger partial charge on any atom is -0.350 e. The molecule has 2 amide bonds. The molecule has 1 aromatic heterocycles. The summed E-state index contributed by atoms with van der Waals surface area (Å²) < 4.78 is 1.02. The molecule has 0 fully saturated rings. The number of anilines is 1. The lowest BCUT2D eigenvalue weighted by atomic mass is 10.4. The number of carbonyl (C=O) groups is 1. The number of thiol groups is 1. The molecule has 4 nitrogen and oxygen atoms in total. The molecule has 5 heteroatoms. The number of rotatable bonds is 1. The average molecular weight is 169 g/mol. The highest BCUT2D eigenvalue weighted by Crippen LogP contribution is 2.12. The lowest BCUT2D eigenvalue weighted by molar-refractivity contribution is 0.257. The second-order valence-corrected chi connectivity index (χ2v) is 2.26. The molecule has 1 heterocycles. The van der Waals surface area contributed by atoms with Gasteiger partial charge in [-0.3, -0.25) is 4.98 Å². The monoisotopic (exact) mass is 169 g/mol. The largest absolute Gasteiger partial charge is 0.350 e. The molecule has 1 rings (SSSR count). The van der Waals surface area contributed by atoms with Crippen molar-refractivity contribution >= 4 is 24.5 Å². The summed E-state index contributed by atoms with van der Waals surface area (Å²) in [7, 11) is 0. The minimum atomic E-state index is -0.624. The first-order chi connectivity index (χ1) is 5.22. The first-order valence-corrected chi connectivity index (χ1v) is 3.30. The molecule has 0 spiro atoms. The number of urea groups is 1. The highest BCUT2D eigenvalue weighted by atomic mass is 32.1. The molecule has 2 N–H and O–H groups in total. The third kappa shape index (κ3) is 1.84. The van der Waals surface area contributed by atoms with Crippen LogP contribution in [0.15, 0.2) is 24.5 Å². The maximum absolute atomic E-state index is 10.5. The molecule has 0 aliphatic carbocycles. The SMILES string of the molecule is NC(=O)N(S)c1cccnc1. The summed E-state index contributed by atoms with van der Waals surface area (Å²) in [6.45, 7) is 0. The van der Waals surface area contributed by atoms with Gasteiger partial charge in [0.25, 0.3) is 0 Å². The van der Waals surface area contributed by atoms with Gasteiger partial charge in [0.05, 0.1) is 11.9 Å². The summed E-state index contributed by atoms with van der Waals surface area (Å²) in [4.78, 5) is 14.3. The van der Waals surface area contributed by atoms with Crippen LogP contribution in [0.1, 0.15) is 0 Å². The fourth-order valence-electron chi connectivity index (χ4n) is 0.606. The van der Waals surface area contributed by atoms with Crippen molar-refractivity contribution in [1.82, 2.24) is 4.98 Å². The van der Waals surface area contributed by atoms with Crippen LogP contribution in [0.5, 0.6) is 0 Å². The van der Waals surface area contributed by atoms with Crippen molar-refractivity contribution in [3.63, 3.8) is 0 Å². The number of primary amides is 1. The van der Waals surface area contributed by atoms with Crippen molar-refractivity contribution in [3.05, 3.63) is 24.5 Å². The van der Waals surface area contributed by atoms with E-state index >= 15 is 0 Å². The highest BCUT2D eigenvalue weighted by molar-refractivity contribution is 7.82. The highest BCUT2D eigenvalue weighted by Gasteiger charge is 2.05. The van der Waals surface area contributed by atoms with Crippen LogP contribution < -0.4 is 10.0 Å². The van der Waals surface area contributed by atoms with Crippen LogP contribution in [0.4, 0.5) is 10.5 Å². The smallest absolute Gasteiger partial charge is 0.329 e. The van der Waals surface area contributed by atoms with E-state index in [4.69, 9.17) is 5.73 Å². The van der Waals surface area contributed by atoms with Gasteiger partial charge in [-0.1, -0.05) is 12.8 Å². The van der Waals surface area contributed by atoms with Crippen molar-refractivity contribution in [2.45, 2.75) is 0 Å². The average Bonchev–Trinajstić information content (AvgIpc) is 2.05. The fourth-order valence-corrected chi connectivity index (χ4v) is 0.725. The van der Waals surface area contributed by atoms with Crippen LogP contribution >= 0.6 is 12.8 Å². The lowest BCUT2D eigenvalue weighted by Crippen LogP contribution is -2.27. The summed E-state index contributed by atoms with van der Waals surface area (Å²) in [6, 6.07) is 2.76. The fraction of sp³-hybridized carbons (Fsp3) is 0. The Morgan fingerprint density at radius 1 is 1.73 bits per heavy atom. The van der Waals surface area contributed by atoms with E-state index in [0.717, 1.165) is 4.31 Å². The van der Waals surface area contributed by atoms with E-state index in [0.29, 0.717) is 5.69 Å². The van der Waals surface area contributed by atoms with Crippen molar-refractivity contribution in [2.24, 2.45) is 5.73 Å². The predicted octanol–water partition coefficient (Wildman–Crippen LogP) is 0.812. The first kappa shape index (κ1) is 7.87. The summed E-state index contributed by atoms with van der Waals surface area (Å²) in [6.07, 6.45) is 3.10. The number of hydrogen-bond acceptors (Lipinski definition) is 3. The third-order valence-electron chi connectivity index (χ3n) is 1.10. The van der Waals surface area contributed by atoms with Gasteiger partial charge < -0.3 is 5.73 Å². The van der Waals surface area contributed by atoms with Crippen molar-refractivity contribution in [1.29, 1.82) is 0 Å². The van der Waals surface area contributed by atoms with E-state index in [1.807, 2.05) is 0 Å². The molecule has 0 saturated heterocycles. The second kappa shape index (κ2) is 3.25. The topological polar surface area (TPSA) is 59.2 Å². The molecule has 11 heavy (non-hydrogen) atoms. The van der Waals surface area contributed by atoms with Crippen LogP contribution in [0, 0.1) is 0 Å². The molecule has 1 aromatic rings. The van der Waals surface area contributed by atoms with Gasteiger partial charge in [0.1, 0.15) is 0 Å².